The van der Waals surface area contributed by atoms with E-state index in [0.717, 1.165) is 0 Å². The summed E-state index contributed by atoms with van der Waals surface area (Å²) in [5, 5.41) is 0. The summed E-state index contributed by atoms with van der Waals surface area (Å²) in [4.78, 5) is 0. The molecule has 1 aliphatic carbocycles. The highest BCUT2D eigenvalue weighted by Crippen LogP contribution is 2.79. The van der Waals surface area contributed by atoms with Crippen molar-refractivity contribution in [3.8, 4) is 0 Å². The van der Waals surface area contributed by atoms with Crippen LogP contribution < -0.4 is 0 Å². The summed E-state index contributed by atoms with van der Waals surface area (Å²) in [6, 6.07) is 0. The second-order valence-electron chi connectivity index (χ2n) is 15.5. The molecule has 1 saturated carbocycles. The van der Waals surface area contributed by atoms with E-state index in [9.17, 15) is 0 Å². The Balaban J connectivity index is 1.42. The molecule has 0 N–H and O–H groups in total. The lowest BCUT2D eigenvalue weighted by molar-refractivity contribution is 0.145. The van der Waals surface area contributed by atoms with Crippen LogP contribution in [-0.2, 0) is 0 Å². The first-order valence-electron chi connectivity index (χ1n) is 21.2. The number of unbranched alkanes of at least 4 members (excludes halogenated alkanes) is 30. The first-order valence-corrected chi connectivity index (χ1v) is 23.3. The van der Waals surface area contributed by atoms with Gasteiger partial charge in [0.2, 0.25) is 0 Å². The summed E-state index contributed by atoms with van der Waals surface area (Å²) in [5.74, 6) is 0. The minimum absolute atomic E-state index is 0.649. The average Bonchev–Trinajstić information content (AvgIpc) is 3.82. The predicted molar refractivity (Wildman–Crippen MR) is 207 cm³/mol. The largest absolute Gasteiger partial charge is 0.0874 e. The topological polar surface area (TPSA) is 0 Å². The molecule has 0 amide bonds. The van der Waals surface area contributed by atoms with E-state index in [2.05, 4.69) is 35.4 Å². The van der Waals surface area contributed by atoms with Gasteiger partial charge in [0, 0.05) is 0 Å². The molecule has 44 heavy (non-hydrogen) atoms. The van der Waals surface area contributed by atoms with Crippen molar-refractivity contribution >= 4 is 21.6 Å². The van der Waals surface area contributed by atoms with E-state index < -0.39 is 0 Å². The Bertz CT molecular complexity index is 561. The molecule has 1 heterocycles. The molecular formula is C42H82S2. The van der Waals surface area contributed by atoms with Gasteiger partial charge in [-0.2, -0.15) is 0 Å². The third kappa shape index (κ3) is 19.5. The highest BCUT2D eigenvalue weighted by molar-refractivity contribution is 8.93. The van der Waals surface area contributed by atoms with Crippen molar-refractivity contribution in [2.45, 2.75) is 262 Å². The van der Waals surface area contributed by atoms with Crippen molar-refractivity contribution < 1.29 is 0 Å². The Hall–Kier alpha value is 0.700. The summed E-state index contributed by atoms with van der Waals surface area (Å²) in [5.41, 5.74) is 0.687. The summed E-state index contributed by atoms with van der Waals surface area (Å²) in [6.45, 7) is 4.63. The first-order chi connectivity index (χ1) is 21.8. The standard InChI is InChI=1S/C42H82S2/c1-3-5-7-9-11-13-15-17-19-21-23-25-27-29-31-33-37-41(39-35-36-40-42(41)43-44-42)38-34-32-30-28-26-24-22-20-18-16-14-12-10-8-6-4-2/h3-40H2,1-2H3. The zero-order valence-corrected chi connectivity index (χ0v) is 32.3. The molecule has 2 aliphatic rings. The molecular weight excluding hydrogens is 569 g/mol. The van der Waals surface area contributed by atoms with Crippen LogP contribution >= 0.6 is 21.6 Å². The fourth-order valence-electron chi connectivity index (χ4n) is 8.37. The van der Waals surface area contributed by atoms with Crippen molar-refractivity contribution in [1.82, 2.24) is 0 Å². The van der Waals surface area contributed by atoms with E-state index >= 15 is 0 Å². The molecule has 0 bridgehead atoms. The maximum absolute atomic E-state index is 2.32. The molecule has 0 aromatic heterocycles. The normalized spacial score (nSPS) is 17.0. The van der Waals surface area contributed by atoms with Crippen molar-refractivity contribution in [3.63, 3.8) is 0 Å². The molecule has 0 atom stereocenters. The molecule has 0 unspecified atom stereocenters. The molecule has 1 spiro atoms. The summed E-state index contributed by atoms with van der Waals surface area (Å²) >= 11 is 0. The average molecular weight is 651 g/mol. The van der Waals surface area contributed by atoms with E-state index in [1.807, 2.05) is 0 Å². The highest BCUT2D eigenvalue weighted by atomic mass is 33.2. The Kier molecular flexibility index (Phi) is 26.7. The molecule has 1 saturated heterocycles. The van der Waals surface area contributed by atoms with Crippen LogP contribution in [0.1, 0.15) is 258 Å². The smallest absolute Gasteiger partial charge is 0.0733 e. The van der Waals surface area contributed by atoms with Crippen LogP contribution in [0.25, 0.3) is 0 Å². The molecule has 2 fully saturated rings. The molecule has 262 valence electrons. The predicted octanol–water partition coefficient (Wildman–Crippen LogP) is 16.9. The lowest BCUT2D eigenvalue weighted by atomic mass is 9.67. The summed E-state index contributed by atoms with van der Waals surface area (Å²) in [6.07, 6.45) is 56.6. The lowest BCUT2D eigenvalue weighted by Gasteiger charge is -2.43. The van der Waals surface area contributed by atoms with Gasteiger partial charge in [-0.15, -0.1) is 0 Å². The fourth-order valence-corrected chi connectivity index (χ4v) is 11.8. The van der Waals surface area contributed by atoms with Crippen LogP contribution in [0.4, 0.5) is 0 Å². The third-order valence-corrected chi connectivity index (χ3v) is 15.1. The van der Waals surface area contributed by atoms with Crippen LogP contribution in [0.3, 0.4) is 0 Å². The maximum Gasteiger partial charge on any atom is 0.0874 e. The molecule has 0 radical (unpaired) electrons. The van der Waals surface area contributed by atoms with Crippen LogP contribution in [0, 0.1) is 5.41 Å². The minimum Gasteiger partial charge on any atom is -0.0733 e. The van der Waals surface area contributed by atoms with Gasteiger partial charge >= 0.3 is 0 Å². The molecule has 2 heteroatoms. The van der Waals surface area contributed by atoms with Crippen LogP contribution in [-0.4, -0.2) is 4.08 Å². The second kappa shape index (κ2) is 28.7. The van der Waals surface area contributed by atoms with E-state index in [0.29, 0.717) is 9.49 Å². The van der Waals surface area contributed by atoms with Gasteiger partial charge in [-0.25, -0.2) is 0 Å². The minimum atomic E-state index is 0.649. The molecule has 0 aromatic rings. The lowest BCUT2D eigenvalue weighted by Crippen LogP contribution is -2.38. The summed E-state index contributed by atoms with van der Waals surface area (Å²) < 4.78 is 0.649. The monoisotopic (exact) mass is 651 g/mol. The quantitative estimate of drug-likeness (QED) is 0.0386. The number of rotatable bonds is 34. The fraction of sp³-hybridized carbons (Fsp3) is 1.00. The maximum atomic E-state index is 2.32. The number of hydrogen-bond acceptors (Lipinski definition) is 2. The number of hydrogen-bond donors (Lipinski definition) is 0. The van der Waals surface area contributed by atoms with E-state index in [1.54, 1.807) is 19.3 Å². The molecule has 1 aliphatic heterocycles. The van der Waals surface area contributed by atoms with Crippen LogP contribution in [0.2, 0.25) is 0 Å². The SMILES string of the molecule is CCCCCCCCCCCCCCCCCCC1(CCCCCCCCCCCCCCCCCC)CCCCC12SS2. The van der Waals surface area contributed by atoms with Gasteiger partial charge in [0.25, 0.3) is 0 Å². The summed E-state index contributed by atoms with van der Waals surface area (Å²) in [7, 11) is 4.58. The van der Waals surface area contributed by atoms with Crippen LogP contribution in [0.5, 0.6) is 0 Å². The van der Waals surface area contributed by atoms with Crippen molar-refractivity contribution in [3.05, 3.63) is 0 Å². The van der Waals surface area contributed by atoms with Crippen molar-refractivity contribution in [2.24, 2.45) is 5.41 Å². The van der Waals surface area contributed by atoms with Crippen molar-refractivity contribution in [1.29, 1.82) is 0 Å². The second-order valence-corrected chi connectivity index (χ2v) is 18.5. The molecule has 0 nitrogen and oxygen atoms in total. The van der Waals surface area contributed by atoms with Gasteiger partial charge in [-0.1, -0.05) is 254 Å². The Morgan fingerprint density at radius 3 is 0.841 bits per heavy atom. The molecule has 2 rings (SSSR count). The highest BCUT2D eigenvalue weighted by Gasteiger charge is 2.61. The van der Waals surface area contributed by atoms with Gasteiger partial charge in [-0.3, -0.25) is 0 Å². The first kappa shape index (κ1) is 40.9. The van der Waals surface area contributed by atoms with Gasteiger partial charge < -0.3 is 0 Å². The van der Waals surface area contributed by atoms with E-state index in [-0.39, 0.29) is 0 Å². The van der Waals surface area contributed by atoms with E-state index in [4.69, 9.17) is 0 Å². The zero-order valence-electron chi connectivity index (χ0n) is 30.7. The Labute approximate surface area is 287 Å². The molecule has 0 aromatic carbocycles. The Morgan fingerprint density at radius 1 is 0.318 bits per heavy atom. The zero-order chi connectivity index (χ0) is 31.3. The van der Waals surface area contributed by atoms with Gasteiger partial charge in [0.1, 0.15) is 0 Å². The van der Waals surface area contributed by atoms with Crippen molar-refractivity contribution in [2.75, 3.05) is 0 Å². The Morgan fingerprint density at radius 2 is 0.568 bits per heavy atom. The van der Waals surface area contributed by atoms with Gasteiger partial charge in [0.05, 0.1) is 4.08 Å². The van der Waals surface area contributed by atoms with Crippen LogP contribution in [0.15, 0.2) is 0 Å². The van der Waals surface area contributed by atoms with Gasteiger partial charge in [0.15, 0.2) is 0 Å². The van der Waals surface area contributed by atoms with E-state index in [1.165, 1.54) is 225 Å². The van der Waals surface area contributed by atoms with Gasteiger partial charge in [-0.05, 0) is 31.1 Å². The third-order valence-electron chi connectivity index (χ3n) is 11.5.